The largest absolute Gasteiger partial charge is 0.488 e. The minimum atomic E-state index is 0.0887. The quantitative estimate of drug-likeness (QED) is 0.844. The Morgan fingerprint density at radius 2 is 1.79 bits per heavy atom. The van der Waals surface area contributed by atoms with Crippen LogP contribution in [0, 0.1) is 0 Å². The maximum atomic E-state index is 6.21. The van der Waals surface area contributed by atoms with Gasteiger partial charge in [-0.15, -0.1) is 0 Å². The summed E-state index contributed by atoms with van der Waals surface area (Å²) in [6.45, 7) is 4.29. The topological polar surface area (TPSA) is 35.2 Å². The molecule has 0 spiro atoms. The molecule has 0 fully saturated rings. The van der Waals surface area contributed by atoms with Gasteiger partial charge in [0.25, 0.3) is 0 Å². The lowest BCUT2D eigenvalue weighted by molar-refractivity contribution is 0.163. The molecule has 0 aromatic heterocycles. The first-order chi connectivity index (χ1) is 9.26. The van der Waals surface area contributed by atoms with Gasteiger partial charge in [-0.2, -0.15) is 0 Å². The smallest absolute Gasteiger partial charge is 0.127 e. The Kier molecular flexibility index (Phi) is 4.80. The van der Waals surface area contributed by atoms with Crippen molar-refractivity contribution in [2.75, 3.05) is 0 Å². The van der Waals surface area contributed by atoms with E-state index in [1.165, 1.54) is 5.39 Å². The monoisotopic (exact) mass is 257 g/mol. The maximum absolute atomic E-state index is 6.21. The molecule has 2 nitrogen and oxygen atoms in total. The molecule has 19 heavy (non-hydrogen) atoms. The molecule has 2 rings (SSSR count). The molecule has 2 aromatic carbocycles. The SMILES string of the molecule is CCCC(N)C(CC)Oc1cccc2ccccc12. The highest BCUT2D eigenvalue weighted by atomic mass is 16.5. The van der Waals surface area contributed by atoms with Gasteiger partial charge in [0.05, 0.1) is 0 Å². The van der Waals surface area contributed by atoms with Crippen LogP contribution in [0.15, 0.2) is 42.5 Å². The molecule has 102 valence electrons. The predicted molar refractivity (Wildman–Crippen MR) is 81.5 cm³/mol. The molecule has 0 aliphatic heterocycles. The molecule has 2 heteroatoms. The Hall–Kier alpha value is -1.54. The molecular weight excluding hydrogens is 234 g/mol. The standard InChI is InChI=1S/C17H23NO/c1-3-8-15(18)16(4-2)19-17-12-7-10-13-9-5-6-11-14(13)17/h5-7,9-12,15-16H,3-4,8,18H2,1-2H3. The van der Waals surface area contributed by atoms with Crippen molar-refractivity contribution in [3.05, 3.63) is 42.5 Å². The minimum absolute atomic E-state index is 0.0887. The van der Waals surface area contributed by atoms with Crippen LogP contribution in [0.3, 0.4) is 0 Å². The zero-order chi connectivity index (χ0) is 13.7. The van der Waals surface area contributed by atoms with E-state index in [-0.39, 0.29) is 12.1 Å². The number of ether oxygens (including phenoxy) is 1. The van der Waals surface area contributed by atoms with Crippen LogP contribution < -0.4 is 10.5 Å². The average Bonchev–Trinajstić information content (AvgIpc) is 2.45. The number of hydrogen-bond donors (Lipinski definition) is 1. The van der Waals surface area contributed by atoms with Crippen molar-refractivity contribution in [3.63, 3.8) is 0 Å². The molecule has 2 atom stereocenters. The van der Waals surface area contributed by atoms with Crippen LogP contribution in [0.25, 0.3) is 10.8 Å². The Labute approximate surface area is 115 Å². The van der Waals surface area contributed by atoms with E-state index in [4.69, 9.17) is 10.5 Å². The van der Waals surface area contributed by atoms with Gasteiger partial charge in [-0.1, -0.05) is 56.7 Å². The highest BCUT2D eigenvalue weighted by Gasteiger charge is 2.17. The first kappa shape index (κ1) is 13.9. The van der Waals surface area contributed by atoms with E-state index in [1.807, 2.05) is 24.3 Å². The summed E-state index contributed by atoms with van der Waals surface area (Å²) in [5.74, 6) is 0.941. The van der Waals surface area contributed by atoms with Gasteiger partial charge < -0.3 is 10.5 Å². The lowest BCUT2D eigenvalue weighted by atomic mass is 10.0. The Bertz CT molecular complexity index is 518. The molecule has 0 amide bonds. The molecule has 0 radical (unpaired) electrons. The Balaban J connectivity index is 2.24. The lowest BCUT2D eigenvalue weighted by Gasteiger charge is -2.24. The third-order valence-corrected chi connectivity index (χ3v) is 3.53. The van der Waals surface area contributed by atoms with Crippen LogP contribution >= 0.6 is 0 Å². The summed E-state index contributed by atoms with van der Waals surface area (Å²) in [5, 5.41) is 2.37. The molecule has 2 N–H and O–H groups in total. The number of nitrogens with two attached hydrogens (primary N) is 1. The van der Waals surface area contributed by atoms with E-state index in [0.29, 0.717) is 0 Å². The fourth-order valence-corrected chi connectivity index (χ4v) is 2.45. The summed E-state index contributed by atoms with van der Waals surface area (Å²) < 4.78 is 6.17. The molecular formula is C17H23NO. The maximum Gasteiger partial charge on any atom is 0.127 e. The van der Waals surface area contributed by atoms with Crippen LogP contribution in [0.2, 0.25) is 0 Å². The predicted octanol–water partition coefficient (Wildman–Crippen LogP) is 4.12. The van der Waals surface area contributed by atoms with Crippen molar-refractivity contribution < 1.29 is 4.74 Å². The van der Waals surface area contributed by atoms with Crippen molar-refractivity contribution in [2.24, 2.45) is 5.73 Å². The Morgan fingerprint density at radius 1 is 1.05 bits per heavy atom. The van der Waals surface area contributed by atoms with Gasteiger partial charge in [0.2, 0.25) is 0 Å². The third-order valence-electron chi connectivity index (χ3n) is 3.53. The fraction of sp³-hybridized carbons (Fsp3) is 0.412. The molecule has 2 aromatic rings. The summed E-state index contributed by atoms with van der Waals surface area (Å²) in [4.78, 5) is 0. The van der Waals surface area contributed by atoms with Gasteiger partial charge in [-0.3, -0.25) is 0 Å². The minimum Gasteiger partial charge on any atom is -0.488 e. The van der Waals surface area contributed by atoms with Crippen LogP contribution in [-0.4, -0.2) is 12.1 Å². The molecule has 2 unspecified atom stereocenters. The summed E-state index contributed by atoms with van der Waals surface area (Å²) in [7, 11) is 0. The summed E-state index contributed by atoms with van der Waals surface area (Å²) >= 11 is 0. The summed E-state index contributed by atoms with van der Waals surface area (Å²) in [6, 6.07) is 14.6. The van der Waals surface area contributed by atoms with Crippen molar-refractivity contribution in [1.29, 1.82) is 0 Å². The Morgan fingerprint density at radius 3 is 2.53 bits per heavy atom. The number of benzene rings is 2. The second-order valence-corrected chi connectivity index (χ2v) is 4.99. The van der Waals surface area contributed by atoms with Gasteiger partial charge in [-0.25, -0.2) is 0 Å². The van der Waals surface area contributed by atoms with E-state index in [2.05, 4.69) is 32.0 Å². The highest BCUT2D eigenvalue weighted by molar-refractivity contribution is 5.88. The van der Waals surface area contributed by atoms with E-state index in [9.17, 15) is 0 Å². The lowest BCUT2D eigenvalue weighted by Crippen LogP contribution is -2.38. The first-order valence-electron chi connectivity index (χ1n) is 7.16. The van der Waals surface area contributed by atoms with E-state index in [1.54, 1.807) is 0 Å². The van der Waals surface area contributed by atoms with Gasteiger partial charge in [-0.05, 0) is 24.3 Å². The second kappa shape index (κ2) is 6.58. The van der Waals surface area contributed by atoms with Crippen molar-refractivity contribution in [1.82, 2.24) is 0 Å². The average molecular weight is 257 g/mol. The van der Waals surface area contributed by atoms with E-state index >= 15 is 0 Å². The number of rotatable bonds is 6. The van der Waals surface area contributed by atoms with Crippen LogP contribution in [-0.2, 0) is 0 Å². The zero-order valence-electron chi connectivity index (χ0n) is 11.8. The first-order valence-corrected chi connectivity index (χ1v) is 7.16. The third kappa shape index (κ3) is 3.27. The van der Waals surface area contributed by atoms with Crippen LogP contribution in [0.5, 0.6) is 5.75 Å². The van der Waals surface area contributed by atoms with Crippen molar-refractivity contribution >= 4 is 10.8 Å². The second-order valence-electron chi connectivity index (χ2n) is 4.99. The van der Waals surface area contributed by atoms with E-state index < -0.39 is 0 Å². The molecule has 0 saturated heterocycles. The molecule has 0 heterocycles. The normalized spacial score (nSPS) is 14.3. The van der Waals surface area contributed by atoms with Gasteiger partial charge in [0.15, 0.2) is 0 Å². The van der Waals surface area contributed by atoms with Gasteiger partial charge >= 0.3 is 0 Å². The van der Waals surface area contributed by atoms with Crippen molar-refractivity contribution in [3.8, 4) is 5.75 Å². The molecule has 0 saturated carbocycles. The van der Waals surface area contributed by atoms with Gasteiger partial charge in [0.1, 0.15) is 11.9 Å². The van der Waals surface area contributed by atoms with Crippen molar-refractivity contribution in [2.45, 2.75) is 45.3 Å². The van der Waals surface area contributed by atoms with Gasteiger partial charge in [0, 0.05) is 11.4 Å². The number of hydrogen-bond acceptors (Lipinski definition) is 2. The zero-order valence-corrected chi connectivity index (χ0v) is 11.8. The van der Waals surface area contributed by atoms with Crippen LogP contribution in [0.4, 0.5) is 0 Å². The summed E-state index contributed by atoms with van der Waals surface area (Å²) in [6.07, 6.45) is 3.12. The van der Waals surface area contributed by atoms with E-state index in [0.717, 1.165) is 30.4 Å². The summed E-state index contributed by atoms with van der Waals surface area (Å²) in [5.41, 5.74) is 6.21. The highest BCUT2D eigenvalue weighted by Crippen LogP contribution is 2.27. The fourth-order valence-electron chi connectivity index (χ4n) is 2.45. The molecule has 0 bridgehead atoms. The number of fused-ring (bicyclic) bond motifs is 1. The molecule has 0 aliphatic rings. The molecule has 0 aliphatic carbocycles. The van der Waals surface area contributed by atoms with Crippen LogP contribution in [0.1, 0.15) is 33.1 Å².